The molecule has 0 radical (unpaired) electrons. The largest absolute Gasteiger partial charge is 0.419 e. The first-order chi connectivity index (χ1) is 19.1. The second-order valence-electron chi connectivity index (χ2n) is 12.1. The molecule has 0 spiro atoms. The SMILES string of the molecule is CC1CC(c2cccc(-c3cnc4c(C(F)(F)F)cc(CN5CC6CCC5C6)cn4c3=O)c2)(c2nncn2C)C1. The Bertz CT molecular complexity index is 1670. The lowest BCUT2D eigenvalue weighted by molar-refractivity contribution is -0.136. The van der Waals surface area contributed by atoms with Crippen LogP contribution in [0, 0.1) is 11.8 Å². The van der Waals surface area contributed by atoms with Crippen molar-refractivity contribution in [2.75, 3.05) is 6.54 Å². The molecule has 10 heteroatoms. The van der Waals surface area contributed by atoms with Gasteiger partial charge < -0.3 is 4.57 Å². The molecule has 2 saturated carbocycles. The smallest absolute Gasteiger partial charge is 0.320 e. The van der Waals surface area contributed by atoms with Crippen molar-refractivity contribution >= 4 is 5.65 Å². The summed E-state index contributed by atoms with van der Waals surface area (Å²) in [6, 6.07) is 9.27. The number of hydrogen-bond acceptors (Lipinski definition) is 5. The lowest BCUT2D eigenvalue weighted by atomic mass is 9.58. The molecule has 7 nitrogen and oxygen atoms in total. The topological polar surface area (TPSA) is 68.3 Å². The van der Waals surface area contributed by atoms with Crippen molar-refractivity contribution in [1.82, 2.24) is 29.0 Å². The lowest BCUT2D eigenvalue weighted by Crippen LogP contribution is -2.43. The monoisotopic (exact) mass is 548 g/mol. The van der Waals surface area contributed by atoms with Crippen LogP contribution in [0.25, 0.3) is 16.8 Å². The van der Waals surface area contributed by atoms with Crippen LogP contribution in [-0.4, -0.2) is 41.6 Å². The molecule has 3 aromatic heterocycles. The van der Waals surface area contributed by atoms with Gasteiger partial charge in [-0.2, -0.15) is 13.2 Å². The van der Waals surface area contributed by atoms with E-state index in [1.54, 1.807) is 12.5 Å². The summed E-state index contributed by atoms with van der Waals surface area (Å²) in [5, 5.41) is 8.49. The highest BCUT2D eigenvalue weighted by molar-refractivity contribution is 5.66. The molecule has 7 rings (SSSR count). The van der Waals surface area contributed by atoms with Gasteiger partial charge in [-0.15, -0.1) is 10.2 Å². The van der Waals surface area contributed by atoms with Crippen molar-refractivity contribution in [3.8, 4) is 11.1 Å². The average molecular weight is 549 g/mol. The first-order valence-electron chi connectivity index (χ1n) is 13.9. The minimum Gasteiger partial charge on any atom is -0.320 e. The quantitative estimate of drug-likeness (QED) is 0.343. The van der Waals surface area contributed by atoms with Crippen molar-refractivity contribution < 1.29 is 13.2 Å². The highest BCUT2D eigenvalue weighted by Gasteiger charge is 2.48. The van der Waals surface area contributed by atoms with Gasteiger partial charge in [-0.1, -0.05) is 25.1 Å². The number of likely N-dealkylation sites (tertiary alicyclic amines) is 1. The van der Waals surface area contributed by atoms with Gasteiger partial charge in [-0.05, 0) is 72.8 Å². The molecule has 3 aliphatic rings. The van der Waals surface area contributed by atoms with E-state index in [9.17, 15) is 18.0 Å². The Morgan fingerprint density at radius 2 is 1.98 bits per heavy atom. The maximum atomic E-state index is 14.2. The molecular weight excluding hydrogens is 517 g/mol. The van der Waals surface area contributed by atoms with Crippen LogP contribution < -0.4 is 5.56 Å². The first-order valence-corrected chi connectivity index (χ1v) is 13.9. The van der Waals surface area contributed by atoms with Crippen LogP contribution in [0.4, 0.5) is 13.2 Å². The van der Waals surface area contributed by atoms with Gasteiger partial charge in [0.1, 0.15) is 12.2 Å². The highest BCUT2D eigenvalue weighted by Crippen LogP contribution is 2.51. The number of alkyl halides is 3. The van der Waals surface area contributed by atoms with E-state index in [1.165, 1.54) is 12.6 Å². The van der Waals surface area contributed by atoms with Gasteiger partial charge in [0.25, 0.3) is 5.56 Å². The zero-order valence-corrected chi connectivity index (χ0v) is 22.5. The summed E-state index contributed by atoms with van der Waals surface area (Å²) in [7, 11) is 1.92. The number of aryl methyl sites for hydroxylation is 1. The van der Waals surface area contributed by atoms with Gasteiger partial charge in [0.05, 0.1) is 16.5 Å². The number of aromatic nitrogens is 5. The maximum absolute atomic E-state index is 14.2. The summed E-state index contributed by atoms with van der Waals surface area (Å²) in [6.07, 6.45) is 5.06. The highest BCUT2D eigenvalue weighted by atomic mass is 19.4. The molecule has 2 bridgehead atoms. The van der Waals surface area contributed by atoms with Crippen molar-refractivity contribution in [3.63, 3.8) is 0 Å². The summed E-state index contributed by atoms with van der Waals surface area (Å²) in [5.41, 5.74) is 0.305. The fourth-order valence-corrected chi connectivity index (χ4v) is 7.57. The Balaban J connectivity index is 1.32. The summed E-state index contributed by atoms with van der Waals surface area (Å²) in [5.74, 6) is 2.00. The Labute approximate surface area is 229 Å². The second-order valence-corrected chi connectivity index (χ2v) is 12.1. The van der Waals surface area contributed by atoms with Crippen molar-refractivity contribution in [2.45, 2.75) is 63.2 Å². The number of halogens is 3. The van der Waals surface area contributed by atoms with E-state index in [0.29, 0.717) is 35.5 Å². The van der Waals surface area contributed by atoms with Crippen LogP contribution in [0.3, 0.4) is 0 Å². The maximum Gasteiger partial charge on any atom is 0.419 e. The van der Waals surface area contributed by atoms with E-state index in [1.807, 2.05) is 35.9 Å². The molecule has 0 amide bonds. The summed E-state index contributed by atoms with van der Waals surface area (Å²) in [4.78, 5) is 20.3. The average Bonchev–Trinajstić information content (AvgIpc) is 3.64. The number of benzene rings is 1. The number of pyridine rings is 1. The molecule has 1 aromatic carbocycles. The minimum atomic E-state index is -4.63. The van der Waals surface area contributed by atoms with Crippen molar-refractivity contribution in [3.05, 3.63) is 81.9 Å². The molecule has 2 unspecified atom stereocenters. The standard InChI is InChI=1S/C30H31F3N6O/c1-18-11-29(12-18,28-36-35-17-37(28)2)22-5-3-4-21(10-22)24-13-34-26-25(30(31,32)33)9-20(16-39(26)27(24)40)15-38-14-19-6-7-23(38)8-19/h3-5,9-10,13,16-19,23H,6-8,11-12,14-15H2,1-2H3. The van der Waals surface area contributed by atoms with Crippen LogP contribution in [0.5, 0.6) is 0 Å². The number of nitrogens with zero attached hydrogens (tertiary/aromatic N) is 6. The van der Waals surface area contributed by atoms with Gasteiger partial charge in [0, 0.05) is 38.6 Å². The predicted octanol–water partition coefficient (Wildman–Crippen LogP) is 5.21. The van der Waals surface area contributed by atoms with E-state index in [4.69, 9.17) is 0 Å². The zero-order chi connectivity index (χ0) is 27.8. The molecule has 4 aromatic rings. The molecule has 3 fully saturated rings. The fourth-order valence-electron chi connectivity index (χ4n) is 7.57. The van der Waals surface area contributed by atoms with Gasteiger partial charge in [-0.3, -0.25) is 14.1 Å². The number of rotatable bonds is 5. The molecule has 2 aliphatic carbocycles. The number of fused-ring (bicyclic) bond motifs is 3. The van der Waals surface area contributed by atoms with Crippen LogP contribution in [0.2, 0.25) is 0 Å². The first kappa shape index (κ1) is 25.4. The molecule has 1 saturated heterocycles. The number of piperidine rings is 1. The molecular formula is C30H31F3N6O. The van der Waals surface area contributed by atoms with E-state index in [-0.39, 0.29) is 16.6 Å². The molecule has 1 aliphatic heterocycles. The number of hydrogen-bond donors (Lipinski definition) is 0. The Morgan fingerprint density at radius 1 is 1.15 bits per heavy atom. The van der Waals surface area contributed by atoms with Gasteiger partial charge >= 0.3 is 6.18 Å². The van der Waals surface area contributed by atoms with Crippen LogP contribution in [0.15, 0.2) is 53.8 Å². The van der Waals surface area contributed by atoms with Crippen LogP contribution >= 0.6 is 0 Å². The molecule has 2 atom stereocenters. The minimum absolute atomic E-state index is 0.269. The fraction of sp³-hybridized carbons (Fsp3) is 0.467. The molecule has 40 heavy (non-hydrogen) atoms. The summed E-state index contributed by atoms with van der Waals surface area (Å²) >= 11 is 0. The third-order valence-corrected chi connectivity index (χ3v) is 9.33. The Morgan fingerprint density at radius 3 is 2.62 bits per heavy atom. The van der Waals surface area contributed by atoms with Crippen LogP contribution in [-0.2, 0) is 25.2 Å². The lowest BCUT2D eigenvalue weighted by Gasteiger charge is -2.46. The third-order valence-electron chi connectivity index (χ3n) is 9.33. The van der Waals surface area contributed by atoms with E-state index in [2.05, 4.69) is 27.0 Å². The molecule has 4 heterocycles. The van der Waals surface area contributed by atoms with Gasteiger partial charge in [0.2, 0.25) is 0 Å². The predicted molar refractivity (Wildman–Crippen MR) is 144 cm³/mol. The van der Waals surface area contributed by atoms with Crippen LogP contribution in [0.1, 0.15) is 61.5 Å². The molecule has 0 N–H and O–H groups in total. The third kappa shape index (κ3) is 3.98. The van der Waals surface area contributed by atoms with Gasteiger partial charge in [0.15, 0.2) is 5.65 Å². The van der Waals surface area contributed by atoms with E-state index >= 15 is 0 Å². The van der Waals surface area contributed by atoms with Crippen molar-refractivity contribution in [1.29, 1.82) is 0 Å². The van der Waals surface area contributed by atoms with Crippen molar-refractivity contribution in [2.24, 2.45) is 18.9 Å². The Kier molecular flexibility index (Phi) is 5.72. The van der Waals surface area contributed by atoms with E-state index < -0.39 is 17.3 Å². The summed E-state index contributed by atoms with van der Waals surface area (Å²) < 4.78 is 45.5. The normalized spacial score (nSPS) is 26.5. The van der Waals surface area contributed by atoms with E-state index in [0.717, 1.165) is 54.1 Å². The zero-order valence-electron chi connectivity index (χ0n) is 22.5. The second kappa shape index (κ2) is 8.99. The van der Waals surface area contributed by atoms with Gasteiger partial charge in [-0.25, -0.2) is 4.98 Å². The Hall–Kier alpha value is -3.53. The summed E-state index contributed by atoms with van der Waals surface area (Å²) in [6.45, 7) is 3.49. The molecule has 208 valence electrons.